The zero-order valence-electron chi connectivity index (χ0n) is 19.9. The smallest absolute Gasteiger partial charge is 0.253 e. The molecule has 0 bridgehead atoms. The van der Waals surface area contributed by atoms with Gasteiger partial charge in [-0.25, -0.2) is 8.42 Å². The van der Waals surface area contributed by atoms with Crippen molar-refractivity contribution in [3.05, 3.63) is 64.7 Å². The molecule has 2 fully saturated rings. The van der Waals surface area contributed by atoms with Crippen molar-refractivity contribution in [2.45, 2.75) is 51.0 Å². The number of carbonyl (C=O) groups excluding carboxylic acids is 2. The van der Waals surface area contributed by atoms with Gasteiger partial charge in [-0.3, -0.25) is 9.59 Å². The van der Waals surface area contributed by atoms with Crippen LogP contribution in [0.5, 0.6) is 0 Å². The van der Waals surface area contributed by atoms with Crippen LogP contribution in [-0.4, -0.2) is 55.6 Å². The Morgan fingerprint density at radius 3 is 2.32 bits per heavy atom. The van der Waals surface area contributed by atoms with Crippen molar-refractivity contribution in [2.75, 3.05) is 26.2 Å². The molecule has 2 amide bonds. The molecule has 2 aliphatic rings. The van der Waals surface area contributed by atoms with E-state index in [0.29, 0.717) is 42.9 Å². The normalized spacial score (nSPS) is 17.6. The molecule has 2 heterocycles. The SMILES string of the molecule is Cc1ccc(S(=O)(=O)N2CCC(C(=O)NCc3cccc(C(=O)N4CCCC4)c3)CC2)cc1C. The first-order valence-electron chi connectivity index (χ1n) is 12.0. The average Bonchev–Trinajstić information content (AvgIpc) is 3.39. The molecular formula is C26H33N3O4S. The molecule has 0 aromatic heterocycles. The molecule has 0 radical (unpaired) electrons. The topological polar surface area (TPSA) is 86.8 Å². The van der Waals surface area contributed by atoms with Gasteiger partial charge in [0.25, 0.3) is 5.91 Å². The van der Waals surface area contributed by atoms with E-state index in [0.717, 1.165) is 42.6 Å². The van der Waals surface area contributed by atoms with Gasteiger partial charge in [0.1, 0.15) is 0 Å². The Labute approximate surface area is 202 Å². The molecular weight excluding hydrogens is 450 g/mol. The maximum Gasteiger partial charge on any atom is 0.253 e. The van der Waals surface area contributed by atoms with E-state index in [-0.39, 0.29) is 17.7 Å². The lowest BCUT2D eigenvalue weighted by Crippen LogP contribution is -2.42. The summed E-state index contributed by atoms with van der Waals surface area (Å²) < 4.78 is 27.5. The zero-order chi connectivity index (χ0) is 24.3. The monoisotopic (exact) mass is 483 g/mol. The summed E-state index contributed by atoms with van der Waals surface area (Å²) in [4.78, 5) is 27.6. The van der Waals surface area contributed by atoms with Crippen LogP contribution in [0.25, 0.3) is 0 Å². The third kappa shape index (κ3) is 5.33. The molecule has 8 heteroatoms. The number of aryl methyl sites for hydroxylation is 2. The number of sulfonamides is 1. The molecule has 7 nitrogen and oxygen atoms in total. The van der Waals surface area contributed by atoms with E-state index in [4.69, 9.17) is 0 Å². The highest BCUT2D eigenvalue weighted by atomic mass is 32.2. The molecule has 2 aromatic carbocycles. The molecule has 4 rings (SSSR count). The summed E-state index contributed by atoms with van der Waals surface area (Å²) in [7, 11) is -3.56. The predicted molar refractivity (Wildman–Crippen MR) is 131 cm³/mol. The third-order valence-corrected chi connectivity index (χ3v) is 8.87. The van der Waals surface area contributed by atoms with Gasteiger partial charge in [0, 0.05) is 44.2 Å². The second-order valence-corrected chi connectivity index (χ2v) is 11.3. The molecule has 2 aliphatic heterocycles. The number of benzene rings is 2. The standard InChI is InChI=1S/C26H33N3O4S/c1-19-8-9-24(16-20(19)2)34(32,33)29-14-10-22(11-15-29)25(30)27-18-21-6-5-7-23(17-21)26(31)28-12-3-4-13-28/h5-9,16-17,22H,3-4,10-15,18H2,1-2H3,(H,27,30). The minimum Gasteiger partial charge on any atom is -0.352 e. The number of rotatable bonds is 6. The van der Waals surface area contributed by atoms with Crippen LogP contribution in [-0.2, 0) is 21.4 Å². The minimum atomic E-state index is -3.56. The molecule has 0 unspecified atom stereocenters. The number of nitrogens with one attached hydrogen (secondary N) is 1. The van der Waals surface area contributed by atoms with E-state index in [9.17, 15) is 18.0 Å². The lowest BCUT2D eigenvalue weighted by Gasteiger charge is -2.30. The second-order valence-electron chi connectivity index (χ2n) is 9.34. The summed E-state index contributed by atoms with van der Waals surface area (Å²) >= 11 is 0. The van der Waals surface area contributed by atoms with Crippen molar-refractivity contribution in [1.29, 1.82) is 0 Å². The maximum atomic E-state index is 13.0. The van der Waals surface area contributed by atoms with Crippen LogP contribution in [0.2, 0.25) is 0 Å². The van der Waals surface area contributed by atoms with E-state index < -0.39 is 10.0 Å². The molecule has 2 aromatic rings. The Morgan fingerprint density at radius 2 is 1.65 bits per heavy atom. The first kappa shape index (κ1) is 24.4. The first-order valence-corrected chi connectivity index (χ1v) is 13.4. The van der Waals surface area contributed by atoms with Crippen molar-refractivity contribution in [2.24, 2.45) is 5.92 Å². The van der Waals surface area contributed by atoms with Crippen LogP contribution in [0.15, 0.2) is 47.4 Å². The highest BCUT2D eigenvalue weighted by molar-refractivity contribution is 7.89. The van der Waals surface area contributed by atoms with Gasteiger partial charge in [0.05, 0.1) is 4.90 Å². The highest BCUT2D eigenvalue weighted by Crippen LogP contribution is 2.25. The number of hydrogen-bond donors (Lipinski definition) is 1. The fraction of sp³-hybridized carbons (Fsp3) is 0.462. The van der Waals surface area contributed by atoms with Crippen molar-refractivity contribution >= 4 is 21.8 Å². The summed E-state index contributed by atoms with van der Waals surface area (Å²) in [6.45, 7) is 6.47. The fourth-order valence-corrected chi connectivity index (χ4v) is 6.19. The van der Waals surface area contributed by atoms with Crippen LogP contribution in [0, 0.1) is 19.8 Å². The first-order chi connectivity index (χ1) is 16.3. The molecule has 0 spiro atoms. The number of amides is 2. The average molecular weight is 484 g/mol. The molecule has 0 aliphatic carbocycles. The quantitative estimate of drug-likeness (QED) is 0.683. The summed E-state index contributed by atoms with van der Waals surface area (Å²) in [5, 5.41) is 2.97. The predicted octanol–water partition coefficient (Wildman–Crippen LogP) is 3.26. The van der Waals surface area contributed by atoms with Gasteiger partial charge in [-0.05, 0) is 80.5 Å². The van der Waals surface area contributed by atoms with Crippen molar-refractivity contribution in [1.82, 2.24) is 14.5 Å². The van der Waals surface area contributed by atoms with Crippen molar-refractivity contribution < 1.29 is 18.0 Å². The summed E-state index contributed by atoms with van der Waals surface area (Å²) in [6, 6.07) is 12.6. The Bertz CT molecular complexity index is 1160. The number of nitrogens with zero attached hydrogens (tertiary/aromatic N) is 2. The van der Waals surface area contributed by atoms with Crippen molar-refractivity contribution in [3.63, 3.8) is 0 Å². The zero-order valence-corrected chi connectivity index (χ0v) is 20.7. The number of likely N-dealkylation sites (tertiary alicyclic amines) is 1. The Hall–Kier alpha value is -2.71. The largest absolute Gasteiger partial charge is 0.352 e. The van der Waals surface area contributed by atoms with E-state index >= 15 is 0 Å². The third-order valence-electron chi connectivity index (χ3n) is 6.97. The minimum absolute atomic E-state index is 0.0445. The van der Waals surface area contributed by atoms with Gasteiger partial charge < -0.3 is 10.2 Å². The van der Waals surface area contributed by atoms with E-state index in [1.54, 1.807) is 12.1 Å². The van der Waals surface area contributed by atoms with Gasteiger partial charge >= 0.3 is 0 Å². The number of piperidine rings is 1. The fourth-order valence-electron chi connectivity index (χ4n) is 4.63. The molecule has 1 N–H and O–H groups in total. The maximum absolute atomic E-state index is 13.0. The lowest BCUT2D eigenvalue weighted by atomic mass is 9.97. The van der Waals surface area contributed by atoms with Gasteiger partial charge in [0.2, 0.25) is 15.9 Å². The highest BCUT2D eigenvalue weighted by Gasteiger charge is 2.32. The van der Waals surface area contributed by atoms with Crippen LogP contribution in [0.4, 0.5) is 0 Å². The van der Waals surface area contributed by atoms with E-state index in [2.05, 4.69) is 5.32 Å². The lowest BCUT2D eigenvalue weighted by molar-refractivity contribution is -0.126. The van der Waals surface area contributed by atoms with Crippen LogP contribution < -0.4 is 5.32 Å². The Morgan fingerprint density at radius 1 is 0.941 bits per heavy atom. The van der Waals surface area contributed by atoms with E-state index in [1.807, 2.05) is 49.1 Å². The van der Waals surface area contributed by atoms with Gasteiger partial charge in [-0.1, -0.05) is 18.2 Å². The molecule has 182 valence electrons. The molecule has 0 atom stereocenters. The molecule has 0 saturated carbocycles. The van der Waals surface area contributed by atoms with Crippen molar-refractivity contribution in [3.8, 4) is 0 Å². The summed E-state index contributed by atoms with van der Waals surface area (Å²) in [6.07, 6.45) is 3.07. The summed E-state index contributed by atoms with van der Waals surface area (Å²) in [5.41, 5.74) is 3.54. The Balaban J connectivity index is 1.30. The van der Waals surface area contributed by atoms with Gasteiger partial charge in [-0.15, -0.1) is 0 Å². The Kier molecular flexibility index (Phi) is 7.38. The van der Waals surface area contributed by atoms with Crippen LogP contribution in [0.3, 0.4) is 0 Å². The van der Waals surface area contributed by atoms with Crippen LogP contribution >= 0.6 is 0 Å². The van der Waals surface area contributed by atoms with Gasteiger partial charge in [0.15, 0.2) is 0 Å². The number of hydrogen-bond acceptors (Lipinski definition) is 4. The molecule has 34 heavy (non-hydrogen) atoms. The van der Waals surface area contributed by atoms with E-state index in [1.165, 1.54) is 4.31 Å². The molecule has 2 saturated heterocycles. The second kappa shape index (κ2) is 10.3. The van der Waals surface area contributed by atoms with Gasteiger partial charge in [-0.2, -0.15) is 4.31 Å². The van der Waals surface area contributed by atoms with Crippen LogP contribution in [0.1, 0.15) is 52.7 Å². The number of carbonyl (C=O) groups is 2. The summed E-state index contributed by atoms with van der Waals surface area (Å²) in [5.74, 6) is -0.247.